The van der Waals surface area contributed by atoms with Gasteiger partial charge in [0.1, 0.15) is 11.4 Å². The van der Waals surface area contributed by atoms with Crippen LogP contribution in [-0.4, -0.2) is 98.1 Å². The van der Waals surface area contributed by atoms with Crippen LogP contribution in [0.25, 0.3) is 0 Å². The molecule has 1 aromatic carbocycles. The van der Waals surface area contributed by atoms with Crippen LogP contribution in [0.15, 0.2) is 27.6 Å². The number of alkyl halides is 3. The second-order valence-electron chi connectivity index (χ2n) is 12.2. The minimum absolute atomic E-state index is 0.00285. The maximum Gasteiger partial charge on any atom is 0.389 e. The molecule has 2 aromatic rings. The minimum Gasteiger partial charge on any atom is -0.490 e. The molecular formula is C31H45F3N4O8S. The molecule has 0 bridgehead atoms. The first-order chi connectivity index (χ1) is 21.9. The summed E-state index contributed by atoms with van der Waals surface area (Å²) >= 11 is 0. The molecule has 0 unspecified atom stereocenters. The van der Waals surface area contributed by atoms with Gasteiger partial charge >= 0.3 is 6.18 Å². The number of nitrogens with one attached hydrogen (secondary N) is 1. The number of rotatable bonds is 9. The van der Waals surface area contributed by atoms with Gasteiger partial charge in [-0.05, 0) is 65.2 Å². The maximum atomic E-state index is 14.3. The van der Waals surface area contributed by atoms with Crippen molar-refractivity contribution >= 4 is 27.5 Å². The normalized spacial score (nSPS) is 20.9. The summed E-state index contributed by atoms with van der Waals surface area (Å²) in [7, 11) is -2.72. The number of amides is 2. The molecule has 1 aromatic heterocycles. The zero-order valence-electron chi connectivity index (χ0n) is 27.6. The zero-order chi connectivity index (χ0) is 35.1. The number of benzene rings is 1. The number of aliphatic hydroxyl groups is 1. The first kappa shape index (κ1) is 38.1. The highest BCUT2D eigenvalue weighted by atomic mass is 32.2. The fourth-order valence-electron chi connectivity index (χ4n) is 5.32. The molecule has 16 heteroatoms. The van der Waals surface area contributed by atoms with Crippen LogP contribution in [0.1, 0.15) is 74.7 Å². The molecule has 0 saturated carbocycles. The molecule has 2 heterocycles. The molecule has 2 N–H and O–H groups in total. The summed E-state index contributed by atoms with van der Waals surface area (Å²) in [6.45, 7) is 8.21. The molecule has 2 amide bonds. The van der Waals surface area contributed by atoms with Gasteiger partial charge in [0.15, 0.2) is 10.7 Å². The van der Waals surface area contributed by atoms with E-state index in [4.69, 9.17) is 14.0 Å². The average Bonchev–Trinajstić information content (AvgIpc) is 3.34. The number of likely N-dealkylation sites (N-methyl/N-ethyl adjacent to an activating group) is 1. The standard InChI is InChI=1S/C31H45F3N4O8S/c1-19-16-38(20(2)18-39)30(41)25-15-24(36-47(42,43)29-22(4)35-46-23(29)5)10-11-26(25)45-21(3)9-7-8-14-44-27(19)17-37(6)28(40)12-13-31(32,33)34/h10-11,15,19-21,27,36,39H,7-9,12-14,16-18H2,1-6H3/t19-,20+,21-,27+/m0/s1. The third-order valence-electron chi connectivity index (χ3n) is 8.04. The second kappa shape index (κ2) is 16.2. The predicted octanol–water partition coefficient (Wildman–Crippen LogP) is 4.69. The smallest absolute Gasteiger partial charge is 0.389 e. The number of sulfonamides is 1. The summed E-state index contributed by atoms with van der Waals surface area (Å²) in [5, 5.41) is 13.8. The lowest BCUT2D eigenvalue weighted by atomic mass is 10.0. The fourth-order valence-corrected chi connectivity index (χ4v) is 6.71. The Labute approximate surface area is 273 Å². The Hall–Kier alpha value is -3.37. The van der Waals surface area contributed by atoms with E-state index in [1.54, 1.807) is 13.8 Å². The molecule has 3 rings (SSSR count). The number of nitrogens with zero attached hydrogens (tertiary/aromatic N) is 3. The Morgan fingerprint density at radius 3 is 2.55 bits per heavy atom. The summed E-state index contributed by atoms with van der Waals surface area (Å²) < 4.78 is 84.5. The van der Waals surface area contributed by atoms with Crippen LogP contribution < -0.4 is 9.46 Å². The van der Waals surface area contributed by atoms with Crippen LogP contribution in [0.5, 0.6) is 5.75 Å². The molecule has 1 aliphatic rings. The first-order valence-electron chi connectivity index (χ1n) is 15.5. The highest BCUT2D eigenvalue weighted by molar-refractivity contribution is 7.92. The van der Waals surface area contributed by atoms with Gasteiger partial charge in [-0.25, -0.2) is 8.42 Å². The number of halogens is 3. The summed E-state index contributed by atoms with van der Waals surface area (Å²) in [6, 6.07) is 3.67. The molecule has 0 radical (unpaired) electrons. The minimum atomic E-state index is -4.46. The number of hydrogen-bond donors (Lipinski definition) is 2. The number of aliphatic hydroxyl groups excluding tert-OH is 1. The Kier molecular flexibility index (Phi) is 13.1. The van der Waals surface area contributed by atoms with Gasteiger partial charge in [-0.1, -0.05) is 12.1 Å². The molecular weight excluding hydrogens is 645 g/mol. The number of carbonyl (C=O) groups is 2. The number of aromatic nitrogens is 1. The molecule has 0 fully saturated rings. The number of ether oxygens (including phenoxy) is 2. The third kappa shape index (κ3) is 10.6. The zero-order valence-corrected chi connectivity index (χ0v) is 28.4. The van der Waals surface area contributed by atoms with Crippen molar-refractivity contribution in [2.45, 2.75) is 96.0 Å². The van der Waals surface area contributed by atoms with Gasteiger partial charge in [0.05, 0.1) is 36.8 Å². The first-order valence-corrected chi connectivity index (χ1v) is 17.0. The molecule has 264 valence electrons. The van der Waals surface area contributed by atoms with Crippen LogP contribution >= 0.6 is 0 Å². The molecule has 4 atom stereocenters. The van der Waals surface area contributed by atoms with Gasteiger partial charge in [0, 0.05) is 44.8 Å². The number of fused-ring (bicyclic) bond motifs is 1. The van der Waals surface area contributed by atoms with Crippen molar-refractivity contribution < 1.29 is 50.3 Å². The van der Waals surface area contributed by atoms with E-state index in [0.29, 0.717) is 25.9 Å². The van der Waals surface area contributed by atoms with Crippen LogP contribution in [0, 0.1) is 19.8 Å². The van der Waals surface area contributed by atoms with Crippen LogP contribution in [0.4, 0.5) is 18.9 Å². The van der Waals surface area contributed by atoms with Gasteiger partial charge in [-0.15, -0.1) is 0 Å². The fraction of sp³-hybridized carbons (Fsp3) is 0.645. The number of hydrogen-bond acceptors (Lipinski definition) is 9. The van der Waals surface area contributed by atoms with Crippen molar-refractivity contribution in [1.82, 2.24) is 15.0 Å². The Bertz CT molecular complexity index is 1460. The number of carbonyl (C=O) groups excluding carboxylic acids is 2. The number of anilines is 1. The summed E-state index contributed by atoms with van der Waals surface area (Å²) in [4.78, 5) is 29.3. The van der Waals surface area contributed by atoms with E-state index in [1.165, 1.54) is 48.9 Å². The Balaban J connectivity index is 1.97. The summed E-state index contributed by atoms with van der Waals surface area (Å²) in [5.41, 5.74) is 0.305. The SMILES string of the molecule is Cc1noc(C)c1S(=O)(=O)Nc1ccc2c(c1)C(=O)N([C@H](C)CO)C[C@H](C)[C@@H](CN(C)C(=O)CCC(F)(F)F)OCCCC[C@H](C)O2. The van der Waals surface area contributed by atoms with Gasteiger partial charge < -0.3 is 28.9 Å². The van der Waals surface area contributed by atoms with E-state index in [9.17, 15) is 36.3 Å². The lowest BCUT2D eigenvalue weighted by molar-refractivity contribution is -0.149. The van der Waals surface area contributed by atoms with Crippen LogP contribution in [0.2, 0.25) is 0 Å². The molecule has 0 aliphatic carbocycles. The molecule has 12 nitrogen and oxygen atoms in total. The van der Waals surface area contributed by atoms with E-state index in [2.05, 4.69) is 9.88 Å². The van der Waals surface area contributed by atoms with Crippen LogP contribution in [-0.2, 0) is 19.6 Å². The Morgan fingerprint density at radius 2 is 1.94 bits per heavy atom. The van der Waals surface area contributed by atoms with Crippen molar-refractivity contribution in [3.05, 3.63) is 35.2 Å². The third-order valence-corrected chi connectivity index (χ3v) is 9.67. The topological polar surface area (TPSA) is 152 Å². The van der Waals surface area contributed by atoms with Gasteiger partial charge in [-0.3, -0.25) is 14.3 Å². The quantitative estimate of drug-likeness (QED) is 0.382. The van der Waals surface area contributed by atoms with E-state index in [-0.39, 0.29) is 52.5 Å². The van der Waals surface area contributed by atoms with Gasteiger partial charge in [-0.2, -0.15) is 13.2 Å². The highest BCUT2D eigenvalue weighted by Crippen LogP contribution is 2.30. The second-order valence-corrected chi connectivity index (χ2v) is 13.8. The highest BCUT2D eigenvalue weighted by Gasteiger charge is 2.33. The van der Waals surface area contributed by atoms with Crippen molar-refractivity contribution in [2.75, 3.05) is 38.1 Å². The average molecular weight is 691 g/mol. The van der Waals surface area contributed by atoms with E-state index >= 15 is 0 Å². The molecule has 1 aliphatic heterocycles. The van der Waals surface area contributed by atoms with E-state index < -0.39 is 65.5 Å². The van der Waals surface area contributed by atoms with Crippen molar-refractivity contribution in [2.24, 2.45) is 5.92 Å². The van der Waals surface area contributed by atoms with Crippen molar-refractivity contribution in [3.63, 3.8) is 0 Å². The van der Waals surface area contributed by atoms with Crippen molar-refractivity contribution in [1.29, 1.82) is 0 Å². The molecule has 47 heavy (non-hydrogen) atoms. The predicted molar refractivity (Wildman–Crippen MR) is 167 cm³/mol. The van der Waals surface area contributed by atoms with Crippen molar-refractivity contribution in [3.8, 4) is 5.75 Å². The van der Waals surface area contributed by atoms with E-state index in [0.717, 1.165) is 0 Å². The monoisotopic (exact) mass is 690 g/mol. The summed E-state index contributed by atoms with van der Waals surface area (Å²) in [5.74, 6) is -1.34. The number of aryl methyl sites for hydroxylation is 2. The molecule has 0 spiro atoms. The lowest BCUT2D eigenvalue weighted by Crippen LogP contribution is -2.48. The van der Waals surface area contributed by atoms with Crippen LogP contribution in [0.3, 0.4) is 0 Å². The lowest BCUT2D eigenvalue weighted by Gasteiger charge is -2.36. The Morgan fingerprint density at radius 1 is 1.23 bits per heavy atom. The van der Waals surface area contributed by atoms with Gasteiger partial charge in [0.2, 0.25) is 5.91 Å². The summed E-state index contributed by atoms with van der Waals surface area (Å²) in [6.07, 6.45) is -5.40. The maximum absolute atomic E-state index is 14.3. The van der Waals surface area contributed by atoms with Gasteiger partial charge in [0.25, 0.3) is 15.9 Å². The van der Waals surface area contributed by atoms with E-state index in [1.807, 2.05) is 6.92 Å². The largest absolute Gasteiger partial charge is 0.490 e. The molecule has 0 saturated heterocycles.